The molecule has 5 rings (SSSR count). The smallest absolute Gasteiger partial charge is 0.313 e. The molecule has 4 heterocycles. The molecule has 33 heavy (non-hydrogen) atoms. The second-order valence-corrected chi connectivity index (χ2v) is 9.72. The fraction of sp³-hybridized carbons (Fsp3) is 0.409. The molecular formula is C22H23N5O4S2. The van der Waals surface area contributed by atoms with Crippen molar-refractivity contribution in [2.24, 2.45) is 0 Å². The summed E-state index contributed by atoms with van der Waals surface area (Å²) >= 11 is 3.04. The normalized spacial score (nSPS) is 13.4. The van der Waals surface area contributed by atoms with Gasteiger partial charge in [0.25, 0.3) is 5.56 Å². The van der Waals surface area contributed by atoms with Crippen LogP contribution < -0.4 is 5.56 Å². The topological polar surface area (TPSA) is 105 Å². The van der Waals surface area contributed by atoms with Gasteiger partial charge in [0, 0.05) is 22.4 Å². The van der Waals surface area contributed by atoms with Gasteiger partial charge in [-0.3, -0.25) is 18.6 Å². The average Bonchev–Trinajstić information content (AvgIpc) is 3.52. The fourth-order valence-corrected chi connectivity index (χ4v) is 6.05. The molecule has 0 bridgehead atoms. The van der Waals surface area contributed by atoms with Crippen LogP contribution in [0.5, 0.6) is 0 Å². The molecule has 9 nitrogen and oxygen atoms in total. The lowest BCUT2D eigenvalue weighted by atomic mass is 10.0. The zero-order chi connectivity index (χ0) is 22.8. The van der Waals surface area contributed by atoms with Crippen LogP contribution >= 0.6 is 23.1 Å². The van der Waals surface area contributed by atoms with Gasteiger partial charge in [0.1, 0.15) is 18.0 Å². The number of thiazole rings is 1. The quantitative estimate of drug-likeness (QED) is 0.277. The number of nitrogens with zero attached hydrogens (tertiary/aromatic N) is 5. The first kappa shape index (κ1) is 21.9. The summed E-state index contributed by atoms with van der Waals surface area (Å²) in [4.78, 5) is 31.6. The minimum atomic E-state index is -0.357. The minimum absolute atomic E-state index is 0.0222. The highest BCUT2D eigenvalue weighted by molar-refractivity contribution is 7.98. The summed E-state index contributed by atoms with van der Waals surface area (Å²) < 4.78 is 14.2. The van der Waals surface area contributed by atoms with Crippen molar-refractivity contribution in [3.05, 3.63) is 62.7 Å². The van der Waals surface area contributed by atoms with Crippen molar-refractivity contribution < 1.29 is 13.9 Å². The summed E-state index contributed by atoms with van der Waals surface area (Å²) in [5, 5.41) is 9.11. The molecule has 0 aromatic carbocycles. The van der Waals surface area contributed by atoms with E-state index in [1.165, 1.54) is 16.6 Å². The monoisotopic (exact) mass is 485 g/mol. The van der Waals surface area contributed by atoms with E-state index in [1.807, 2.05) is 16.7 Å². The van der Waals surface area contributed by atoms with E-state index in [2.05, 4.69) is 10.2 Å². The number of rotatable bonds is 8. The maximum Gasteiger partial charge on any atom is 0.313 e. The molecule has 0 radical (unpaired) electrons. The van der Waals surface area contributed by atoms with Crippen molar-refractivity contribution in [1.29, 1.82) is 0 Å². The Hall–Kier alpha value is -2.92. The number of aryl methyl sites for hydroxylation is 2. The van der Waals surface area contributed by atoms with Crippen LogP contribution in [0.3, 0.4) is 0 Å². The zero-order valence-corrected chi connectivity index (χ0v) is 19.8. The molecule has 1 aliphatic rings. The Bertz CT molecular complexity index is 1340. The molecule has 0 saturated heterocycles. The molecule has 0 spiro atoms. The number of carbonyl (C=O) groups is 1. The second kappa shape index (κ2) is 9.52. The van der Waals surface area contributed by atoms with Crippen molar-refractivity contribution in [2.45, 2.75) is 56.5 Å². The Morgan fingerprint density at radius 1 is 1.30 bits per heavy atom. The molecule has 0 fully saturated rings. The van der Waals surface area contributed by atoms with Gasteiger partial charge in [-0.25, -0.2) is 4.98 Å². The van der Waals surface area contributed by atoms with Gasteiger partial charge in [-0.1, -0.05) is 11.8 Å². The maximum atomic E-state index is 12.8. The van der Waals surface area contributed by atoms with Gasteiger partial charge in [-0.05, 0) is 44.7 Å². The van der Waals surface area contributed by atoms with E-state index in [1.54, 1.807) is 35.0 Å². The first-order chi connectivity index (χ1) is 16.1. The van der Waals surface area contributed by atoms with Crippen molar-refractivity contribution in [1.82, 2.24) is 24.1 Å². The summed E-state index contributed by atoms with van der Waals surface area (Å²) in [6.45, 7) is 2.47. The number of hydrogen-bond acceptors (Lipinski definition) is 9. The molecule has 0 atom stereocenters. The molecule has 4 aromatic rings. The Morgan fingerprint density at radius 3 is 3.00 bits per heavy atom. The van der Waals surface area contributed by atoms with Gasteiger partial charge in [0.2, 0.25) is 0 Å². The highest BCUT2D eigenvalue weighted by Crippen LogP contribution is 2.29. The summed E-state index contributed by atoms with van der Waals surface area (Å²) in [6, 6.07) is 5.27. The molecule has 172 valence electrons. The van der Waals surface area contributed by atoms with Crippen molar-refractivity contribution >= 4 is 34.0 Å². The van der Waals surface area contributed by atoms with Crippen LogP contribution in [-0.4, -0.2) is 36.7 Å². The predicted molar refractivity (Wildman–Crippen MR) is 124 cm³/mol. The predicted octanol–water partition coefficient (Wildman–Crippen LogP) is 3.27. The summed E-state index contributed by atoms with van der Waals surface area (Å²) in [5.41, 5.74) is 1.79. The molecule has 0 unspecified atom stereocenters. The van der Waals surface area contributed by atoms with Crippen molar-refractivity contribution in [3.8, 4) is 0 Å². The third-order valence-corrected chi connectivity index (χ3v) is 7.60. The van der Waals surface area contributed by atoms with E-state index in [0.717, 1.165) is 42.1 Å². The molecule has 0 aliphatic heterocycles. The van der Waals surface area contributed by atoms with E-state index in [0.29, 0.717) is 35.6 Å². The lowest BCUT2D eigenvalue weighted by molar-refractivity contribution is -0.142. The fourth-order valence-electron chi connectivity index (χ4n) is 3.97. The number of thioether (sulfide) groups is 1. The largest absolute Gasteiger partial charge is 0.467 e. The number of hydrogen-bond donors (Lipinski definition) is 0. The van der Waals surface area contributed by atoms with Crippen LogP contribution in [0.25, 0.3) is 4.96 Å². The molecule has 0 N–H and O–H groups in total. The maximum absolute atomic E-state index is 12.8. The molecule has 4 aromatic heterocycles. The Labute approximate surface area is 197 Å². The van der Waals surface area contributed by atoms with Crippen LogP contribution in [-0.2, 0) is 41.1 Å². The Kier molecular flexibility index (Phi) is 6.32. The van der Waals surface area contributed by atoms with Gasteiger partial charge >= 0.3 is 5.97 Å². The number of furan rings is 1. The van der Waals surface area contributed by atoms with E-state index >= 15 is 0 Å². The van der Waals surface area contributed by atoms with Gasteiger partial charge < -0.3 is 9.15 Å². The first-order valence-electron chi connectivity index (χ1n) is 10.9. The van der Waals surface area contributed by atoms with Gasteiger partial charge in [-0.15, -0.1) is 21.5 Å². The molecule has 0 saturated carbocycles. The Balaban J connectivity index is 1.39. The number of fused-ring (bicyclic) bond motifs is 3. The highest BCUT2D eigenvalue weighted by atomic mass is 32.2. The number of esters is 1. The molecule has 1 aliphatic carbocycles. The van der Waals surface area contributed by atoms with Gasteiger partial charge in [0.05, 0.1) is 25.1 Å². The second-order valence-electron chi connectivity index (χ2n) is 7.72. The summed E-state index contributed by atoms with van der Waals surface area (Å²) in [6.07, 6.45) is 5.86. The van der Waals surface area contributed by atoms with E-state index in [4.69, 9.17) is 14.1 Å². The third kappa shape index (κ3) is 4.60. The van der Waals surface area contributed by atoms with E-state index < -0.39 is 0 Å². The van der Waals surface area contributed by atoms with Crippen LogP contribution in [0, 0.1) is 0 Å². The van der Waals surface area contributed by atoms with Crippen LogP contribution in [0.2, 0.25) is 0 Å². The Morgan fingerprint density at radius 2 is 2.18 bits per heavy atom. The van der Waals surface area contributed by atoms with Crippen molar-refractivity contribution in [2.75, 3.05) is 6.61 Å². The molecular weight excluding hydrogens is 462 g/mol. The highest BCUT2D eigenvalue weighted by Gasteiger charge is 2.20. The zero-order valence-electron chi connectivity index (χ0n) is 18.2. The van der Waals surface area contributed by atoms with Crippen LogP contribution in [0.15, 0.2) is 38.8 Å². The minimum Gasteiger partial charge on any atom is -0.467 e. The lowest BCUT2D eigenvalue weighted by Gasteiger charge is -2.10. The van der Waals surface area contributed by atoms with E-state index in [9.17, 15) is 9.59 Å². The van der Waals surface area contributed by atoms with Crippen molar-refractivity contribution in [3.63, 3.8) is 0 Å². The summed E-state index contributed by atoms with van der Waals surface area (Å²) in [5.74, 6) is 1.33. The van der Waals surface area contributed by atoms with Crippen LogP contribution in [0.4, 0.5) is 0 Å². The SMILES string of the molecule is CCOC(=O)Cc1nnc(SCc2cc(=O)n3c4c(sc3n2)CCCC4)n1Cc1ccco1. The average molecular weight is 486 g/mol. The van der Waals surface area contributed by atoms with Gasteiger partial charge in [0.15, 0.2) is 10.1 Å². The number of ether oxygens (including phenoxy) is 1. The third-order valence-electron chi connectivity index (χ3n) is 5.46. The molecule has 0 amide bonds. The van der Waals surface area contributed by atoms with E-state index in [-0.39, 0.29) is 17.9 Å². The molecule has 11 heteroatoms. The number of aromatic nitrogens is 5. The van der Waals surface area contributed by atoms with Gasteiger partial charge in [-0.2, -0.15) is 0 Å². The van der Waals surface area contributed by atoms with Crippen LogP contribution in [0.1, 0.15) is 47.6 Å². The summed E-state index contributed by atoms with van der Waals surface area (Å²) in [7, 11) is 0. The lowest BCUT2D eigenvalue weighted by Crippen LogP contribution is -2.17. The number of carbonyl (C=O) groups excluding carboxylic acids is 1. The first-order valence-corrected chi connectivity index (χ1v) is 12.7. The standard InChI is InChI=1S/C22H23N5O4S2/c1-2-30-20(29)11-18-24-25-22(26(18)12-15-6-5-9-31-15)32-13-14-10-19(28)27-16-7-3-4-8-17(16)33-21(27)23-14/h5-6,9-10H,2-4,7-8,11-13H2,1H3.